The van der Waals surface area contributed by atoms with Crippen LogP contribution in [-0.4, -0.2) is 25.8 Å². The van der Waals surface area contributed by atoms with Gasteiger partial charge in [0.1, 0.15) is 5.82 Å². The summed E-state index contributed by atoms with van der Waals surface area (Å²) in [5.74, 6) is 0.829. The first-order valence-electron chi connectivity index (χ1n) is 5.56. The number of hydrogen-bond donors (Lipinski definition) is 1. The molecule has 0 fully saturated rings. The third-order valence-corrected chi connectivity index (χ3v) is 3.52. The molecule has 1 atom stereocenters. The zero-order valence-electron chi connectivity index (χ0n) is 9.34. The zero-order valence-corrected chi connectivity index (χ0v) is 10.9. The average Bonchev–Trinajstić information content (AvgIpc) is 2.93. The minimum atomic E-state index is -0.777. The Morgan fingerprint density at radius 1 is 1.50 bits per heavy atom. The molecule has 0 aromatic carbocycles. The largest absolute Gasteiger partial charge is 0.481 e. The Balaban J connectivity index is 1.99. The summed E-state index contributed by atoms with van der Waals surface area (Å²) in [6.07, 6.45) is 1.24. The molecule has 3 heterocycles. The molecule has 0 amide bonds. The van der Waals surface area contributed by atoms with Crippen LogP contribution in [0.1, 0.15) is 12.2 Å². The maximum Gasteiger partial charge on any atom is 0.308 e. The van der Waals surface area contributed by atoms with Crippen LogP contribution in [-0.2, 0) is 17.8 Å². The molecule has 7 heteroatoms. The van der Waals surface area contributed by atoms with Crippen molar-refractivity contribution in [2.45, 2.75) is 19.4 Å². The van der Waals surface area contributed by atoms with Gasteiger partial charge in [-0.05, 0) is 34.5 Å². The van der Waals surface area contributed by atoms with Gasteiger partial charge >= 0.3 is 5.97 Å². The highest BCUT2D eigenvalue weighted by Gasteiger charge is 2.28. The third-order valence-electron chi connectivity index (χ3n) is 3.09. The summed E-state index contributed by atoms with van der Waals surface area (Å²) in [6, 6.07) is 3.56. The molecule has 2 aromatic heterocycles. The van der Waals surface area contributed by atoms with Crippen LogP contribution in [0.15, 0.2) is 21.2 Å². The van der Waals surface area contributed by atoms with Crippen molar-refractivity contribution in [1.82, 2.24) is 14.8 Å². The van der Waals surface area contributed by atoms with Crippen molar-refractivity contribution in [1.29, 1.82) is 0 Å². The van der Waals surface area contributed by atoms with E-state index in [-0.39, 0.29) is 5.92 Å². The smallest absolute Gasteiger partial charge is 0.308 e. The summed E-state index contributed by atoms with van der Waals surface area (Å²) in [5.41, 5.74) is 0. The van der Waals surface area contributed by atoms with Crippen molar-refractivity contribution in [3.8, 4) is 11.6 Å². The molecule has 0 saturated carbocycles. The van der Waals surface area contributed by atoms with Gasteiger partial charge in [0, 0.05) is 13.0 Å². The second kappa shape index (κ2) is 4.24. The van der Waals surface area contributed by atoms with Crippen LogP contribution in [0.2, 0.25) is 0 Å². The molecule has 0 bridgehead atoms. The van der Waals surface area contributed by atoms with Gasteiger partial charge in [-0.2, -0.15) is 0 Å². The minimum absolute atomic E-state index is 0.384. The molecule has 3 rings (SSSR count). The van der Waals surface area contributed by atoms with Crippen LogP contribution < -0.4 is 0 Å². The summed E-state index contributed by atoms with van der Waals surface area (Å²) < 4.78 is 7.87. The van der Waals surface area contributed by atoms with Crippen molar-refractivity contribution in [2.75, 3.05) is 0 Å². The molecule has 1 N–H and O–H groups in total. The predicted octanol–water partition coefficient (Wildman–Crippen LogP) is 1.95. The molecule has 6 nitrogen and oxygen atoms in total. The number of fused-ring (bicyclic) bond motifs is 1. The van der Waals surface area contributed by atoms with Gasteiger partial charge < -0.3 is 14.1 Å². The Labute approximate surface area is 111 Å². The van der Waals surface area contributed by atoms with Crippen LogP contribution >= 0.6 is 15.9 Å². The first-order chi connectivity index (χ1) is 8.65. The van der Waals surface area contributed by atoms with Gasteiger partial charge in [-0.15, -0.1) is 10.2 Å². The first-order valence-corrected chi connectivity index (χ1v) is 6.35. The summed E-state index contributed by atoms with van der Waals surface area (Å²) in [7, 11) is 0. The van der Waals surface area contributed by atoms with E-state index in [1.165, 1.54) is 0 Å². The molecule has 0 spiro atoms. The van der Waals surface area contributed by atoms with Gasteiger partial charge in [-0.25, -0.2) is 0 Å². The Kier molecular flexibility index (Phi) is 2.70. The van der Waals surface area contributed by atoms with E-state index >= 15 is 0 Å². The summed E-state index contributed by atoms with van der Waals surface area (Å²) >= 11 is 3.23. The number of aliphatic carboxylic acids is 1. The third kappa shape index (κ3) is 1.84. The molecule has 0 aliphatic carbocycles. The fraction of sp³-hybridized carbons (Fsp3) is 0.364. The van der Waals surface area contributed by atoms with Gasteiger partial charge in [-0.1, -0.05) is 0 Å². The highest BCUT2D eigenvalue weighted by Crippen LogP contribution is 2.28. The molecule has 1 aliphatic rings. The van der Waals surface area contributed by atoms with E-state index in [2.05, 4.69) is 26.1 Å². The highest BCUT2D eigenvalue weighted by molar-refractivity contribution is 9.10. The Bertz CT molecular complexity index is 604. The molecular weight excluding hydrogens is 302 g/mol. The number of rotatable bonds is 2. The normalized spacial score (nSPS) is 18.6. The number of carboxylic acids is 1. The first kappa shape index (κ1) is 11.5. The number of carboxylic acid groups (broad SMARTS) is 1. The minimum Gasteiger partial charge on any atom is -0.481 e. The molecule has 1 aliphatic heterocycles. The number of carbonyl (C=O) groups is 1. The van der Waals surface area contributed by atoms with Crippen molar-refractivity contribution in [2.24, 2.45) is 5.92 Å². The fourth-order valence-electron chi connectivity index (χ4n) is 2.15. The lowest BCUT2D eigenvalue weighted by molar-refractivity contribution is -0.142. The SMILES string of the molecule is O=C(O)C1CCc2nnc(-c3ccc(Br)o3)n2C1. The number of nitrogens with zero attached hydrogens (tertiary/aromatic N) is 3. The van der Waals surface area contributed by atoms with Crippen LogP contribution in [0.25, 0.3) is 11.6 Å². The zero-order chi connectivity index (χ0) is 12.7. The topological polar surface area (TPSA) is 81.2 Å². The van der Waals surface area contributed by atoms with Crippen molar-refractivity contribution in [3.05, 3.63) is 22.6 Å². The van der Waals surface area contributed by atoms with Crippen LogP contribution in [0.3, 0.4) is 0 Å². The van der Waals surface area contributed by atoms with E-state index in [9.17, 15) is 4.79 Å². The molecule has 18 heavy (non-hydrogen) atoms. The van der Waals surface area contributed by atoms with E-state index in [1.54, 1.807) is 12.1 Å². The van der Waals surface area contributed by atoms with E-state index in [0.717, 1.165) is 5.82 Å². The van der Waals surface area contributed by atoms with E-state index in [4.69, 9.17) is 9.52 Å². The van der Waals surface area contributed by atoms with E-state index in [1.807, 2.05) is 4.57 Å². The number of furan rings is 1. The Hall–Kier alpha value is -1.63. The maximum atomic E-state index is 11.1. The fourth-order valence-corrected chi connectivity index (χ4v) is 2.45. The Morgan fingerprint density at radius 3 is 3.00 bits per heavy atom. The molecule has 94 valence electrons. The average molecular weight is 312 g/mol. The van der Waals surface area contributed by atoms with Crippen LogP contribution in [0.5, 0.6) is 0 Å². The summed E-state index contributed by atoms with van der Waals surface area (Å²) in [5, 5.41) is 17.2. The van der Waals surface area contributed by atoms with Crippen molar-refractivity contribution in [3.63, 3.8) is 0 Å². The lowest BCUT2D eigenvalue weighted by atomic mass is 9.99. The second-order valence-electron chi connectivity index (χ2n) is 4.23. The van der Waals surface area contributed by atoms with Gasteiger partial charge in [0.25, 0.3) is 0 Å². The van der Waals surface area contributed by atoms with Gasteiger partial charge in [0.2, 0.25) is 0 Å². The van der Waals surface area contributed by atoms with Gasteiger partial charge in [0.15, 0.2) is 16.3 Å². The molecule has 2 aromatic rings. The lowest BCUT2D eigenvalue weighted by Gasteiger charge is -2.20. The van der Waals surface area contributed by atoms with Crippen LogP contribution in [0.4, 0.5) is 0 Å². The lowest BCUT2D eigenvalue weighted by Crippen LogP contribution is -2.27. The molecule has 0 radical (unpaired) electrons. The van der Waals surface area contributed by atoms with E-state index < -0.39 is 5.97 Å². The quantitative estimate of drug-likeness (QED) is 0.916. The second-order valence-corrected chi connectivity index (χ2v) is 5.01. The predicted molar refractivity (Wildman–Crippen MR) is 64.9 cm³/mol. The highest BCUT2D eigenvalue weighted by atomic mass is 79.9. The molecule has 1 unspecified atom stereocenters. The van der Waals surface area contributed by atoms with Gasteiger partial charge in [-0.3, -0.25) is 4.79 Å². The monoisotopic (exact) mass is 311 g/mol. The number of aryl methyl sites for hydroxylation is 1. The number of aromatic nitrogens is 3. The van der Waals surface area contributed by atoms with Crippen LogP contribution in [0, 0.1) is 5.92 Å². The maximum absolute atomic E-state index is 11.1. The summed E-state index contributed by atoms with van der Waals surface area (Å²) in [6.45, 7) is 0.394. The van der Waals surface area contributed by atoms with Crippen molar-refractivity contribution >= 4 is 21.9 Å². The number of hydrogen-bond acceptors (Lipinski definition) is 4. The summed E-state index contributed by atoms with van der Waals surface area (Å²) in [4.78, 5) is 11.1. The molecular formula is C11H10BrN3O3. The number of halogens is 1. The van der Waals surface area contributed by atoms with E-state index in [0.29, 0.717) is 35.6 Å². The standard InChI is InChI=1S/C11H10BrN3O3/c12-8-3-2-7(18-8)10-14-13-9-4-1-6(11(16)17)5-15(9)10/h2-3,6H,1,4-5H2,(H,16,17). The molecule has 0 saturated heterocycles. The Morgan fingerprint density at radius 2 is 2.33 bits per heavy atom. The van der Waals surface area contributed by atoms with Crippen molar-refractivity contribution < 1.29 is 14.3 Å². The van der Waals surface area contributed by atoms with Gasteiger partial charge in [0.05, 0.1) is 5.92 Å².